The van der Waals surface area contributed by atoms with E-state index in [4.69, 9.17) is 0 Å². The third kappa shape index (κ3) is 3.65. The standard InChI is InChI=1S/C11H26NO/c1-5-8-12(9-6-2,10-7-3)11(4)13/h11,13H,5-10H2,1-4H3/q+1. The summed E-state index contributed by atoms with van der Waals surface area (Å²) in [6, 6.07) is 0. The smallest absolute Gasteiger partial charge is 0.187 e. The van der Waals surface area contributed by atoms with Crippen LogP contribution in [0.2, 0.25) is 0 Å². The first-order valence-electron chi connectivity index (χ1n) is 5.66. The lowest BCUT2D eigenvalue weighted by Crippen LogP contribution is -2.55. The molecule has 0 radical (unpaired) electrons. The molecule has 0 fully saturated rings. The fraction of sp³-hybridized carbons (Fsp3) is 1.00. The molecule has 13 heavy (non-hydrogen) atoms. The average molecular weight is 188 g/mol. The van der Waals surface area contributed by atoms with Crippen LogP contribution in [-0.4, -0.2) is 35.5 Å². The zero-order valence-corrected chi connectivity index (χ0v) is 9.71. The van der Waals surface area contributed by atoms with Crippen LogP contribution >= 0.6 is 0 Å². The Kier molecular flexibility index (Phi) is 6.35. The highest BCUT2D eigenvalue weighted by atomic mass is 16.3. The van der Waals surface area contributed by atoms with E-state index < -0.39 is 0 Å². The quantitative estimate of drug-likeness (QED) is 0.480. The van der Waals surface area contributed by atoms with Crippen molar-refractivity contribution in [3.05, 3.63) is 0 Å². The van der Waals surface area contributed by atoms with Gasteiger partial charge in [-0.1, -0.05) is 20.8 Å². The lowest BCUT2D eigenvalue weighted by atomic mass is 10.2. The second-order valence-electron chi connectivity index (χ2n) is 4.02. The fourth-order valence-electron chi connectivity index (χ4n) is 2.23. The Bertz CT molecular complexity index is 106. The molecule has 0 bridgehead atoms. The summed E-state index contributed by atoms with van der Waals surface area (Å²) in [5, 5.41) is 9.83. The Morgan fingerprint density at radius 3 is 1.38 bits per heavy atom. The first-order valence-corrected chi connectivity index (χ1v) is 5.66. The van der Waals surface area contributed by atoms with Crippen molar-refractivity contribution in [1.29, 1.82) is 0 Å². The third-order valence-electron chi connectivity index (χ3n) is 2.80. The zero-order chi connectivity index (χ0) is 10.3. The van der Waals surface area contributed by atoms with Gasteiger partial charge < -0.3 is 5.11 Å². The molecule has 0 aliphatic heterocycles. The summed E-state index contributed by atoms with van der Waals surface area (Å²) in [6.45, 7) is 11.8. The van der Waals surface area contributed by atoms with Gasteiger partial charge in [-0.15, -0.1) is 0 Å². The Balaban J connectivity index is 4.38. The van der Waals surface area contributed by atoms with Crippen molar-refractivity contribution >= 4 is 0 Å². The van der Waals surface area contributed by atoms with Crippen LogP contribution in [0.5, 0.6) is 0 Å². The summed E-state index contributed by atoms with van der Waals surface area (Å²) in [7, 11) is 0. The summed E-state index contributed by atoms with van der Waals surface area (Å²) >= 11 is 0. The normalized spacial score (nSPS) is 14.5. The Morgan fingerprint density at radius 1 is 0.923 bits per heavy atom. The van der Waals surface area contributed by atoms with E-state index in [0.29, 0.717) is 0 Å². The molecule has 0 aromatic rings. The number of rotatable bonds is 7. The molecule has 0 aliphatic rings. The van der Waals surface area contributed by atoms with Crippen LogP contribution in [0.1, 0.15) is 47.0 Å². The largest absolute Gasteiger partial charge is 0.345 e. The molecule has 0 saturated heterocycles. The molecule has 0 saturated carbocycles. The van der Waals surface area contributed by atoms with Crippen molar-refractivity contribution < 1.29 is 9.59 Å². The van der Waals surface area contributed by atoms with Crippen molar-refractivity contribution in [2.45, 2.75) is 53.2 Å². The van der Waals surface area contributed by atoms with Gasteiger partial charge in [-0.05, 0) is 19.3 Å². The van der Waals surface area contributed by atoms with Crippen LogP contribution in [-0.2, 0) is 0 Å². The SMILES string of the molecule is CCC[N+](CCC)(CCC)C(C)O. The van der Waals surface area contributed by atoms with Crippen LogP contribution in [0.4, 0.5) is 0 Å². The number of aliphatic hydroxyl groups excluding tert-OH is 1. The van der Waals surface area contributed by atoms with Crippen LogP contribution in [0.15, 0.2) is 0 Å². The highest BCUT2D eigenvalue weighted by Crippen LogP contribution is 2.15. The van der Waals surface area contributed by atoms with E-state index >= 15 is 0 Å². The molecule has 1 unspecified atom stereocenters. The number of aliphatic hydroxyl groups is 1. The summed E-state index contributed by atoms with van der Waals surface area (Å²) in [4.78, 5) is 0. The van der Waals surface area contributed by atoms with E-state index in [1.807, 2.05) is 6.92 Å². The minimum atomic E-state index is -0.208. The Labute approximate surface area is 83.2 Å². The second kappa shape index (κ2) is 6.39. The predicted molar refractivity (Wildman–Crippen MR) is 57.4 cm³/mol. The summed E-state index contributed by atoms with van der Waals surface area (Å²) in [5.41, 5.74) is 0. The molecule has 0 amide bonds. The minimum Gasteiger partial charge on any atom is -0.345 e. The maximum atomic E-state index is 9.83. The van der Waals surface area contributed by atoms with E-state index in [1.165, 1.54) is 0 Å². The van der Waals surface area contributed by atoms with E-state index in [9.17, 15) is 5.11 Å². The highest BCUT2D eigenvalue weighted by molar-refractivity contribution is 4.44. The Hall–Kier alpha value is -0.0800. The molecule has 1 atom stereocenters. The van der Waals surface area contributed by atoms with E-state index in [-0.39, 0.29) is 6.23 Å². The molecule has 0 aliphatic carbocycles. The van der Waals surface area contributed by atoms with Gasteiger partial charge in [-0.25, -0.2) is 0 Å². The van der Waals surface area contributed by atoms with Crippen molar-refractivity contribution in [2.75, 3.05) is 19.6 Å². The molecule has 0 rings (SSSR count). The molecule has 80 valence electrons. The van der Waals surface area contributed by atoms with Crippen molar-refractivity contribution in [1.82, 2.24) is 0 Å². The monoisotopic (exact) mass is 188 g/mol. The van der Waals surface area contributed by atoms with Crippen molar-refractivity contribution in [3.8, 4) is 0 Å². The van der Waals surface area contributed by atoms with Gasteiger partial charge in [0.05, 0.1) is 19.6 Å². The fourth-order valence-corrected chi connectivity index (χ4v) is 2.23. The summed E-state index contributed by atoms with van der Waals surface area (Å²) < 4.78 is 0.892. The molecular formula is C11H26NO+. The van der Waals surface area contributed by atoms with Crippen LogP contribution in [0, 0.1) is 0 Å². The van der Waals surface area contributed by atoms with Crippen molar-refractivity contribution in [2.24, 2.45) is 0 Å². The molecule has 1 N–H and O–H groups in total. The minimum absolute atomic E-state index is 0.208. The van der Waals surface area contributed by atoms with Gasteiger partial charge in [0, 0.05) is 6.92 Å². The topological polar surface area (TPSA) is 20.2 Å². The first kappa shape index (κ1) is 12.9. The maximum Gasteiger partial charge on any atom is 0.187 e. The van der Waals surface area contributed by atoms with Gasteiger partial charge in [-0.3, -0.25) is 4.48 Å². The molecule has 0 aromatic carbocycles. The molecule has 2 nitrogen and oxygen atoms in total. The number of hydrogen-bond acceptors (Lipinski definition) is 1. The second-order valence-corrected chi connectivity index (χ2v) is 4.02. The molecule has 2 heteroatoms. The molecular weight excluding hydrogens is 162 g/mol. The Morgan fingerprint density at radius 2 is 1.23 bits per heavy atom. The van der Waals surface area contributed by atoms with E-state index in [2.05, 4.69) is 20.8 Å². The number of hydrogen-bond donors (Lipinski definition) is 1. The zero-order valence-electron chi connectivity index (χ0n) is 9.71. The predicted octanol–water partition coefficient (Wildman–Crippen LogP) is 2.37. The third-order valence-corrected chi connectivity index (χ3v) is 2.80. The van der Waals surface area contributed by atoms with Crippen LogP contribution in [0.3, 0.4) is 0 Å². The summed E-state index contributed by atoms with van der Waals surface area (Å²) in [6.07, 6.45) is 3.26. The van der Waals surface area contributed by atoms with Crippen molar-refractivity contribution in [3.63, 3.8) is 0 Å². The maximum absolute atomic E-state index is 9.83. The van der Waals surface area contributed by atoms with Gasteiger partial charge in [-0.2, -0.15) is 0 Å². The molecule has 0 spiro atoms. The first-order chi connectivity index (χ1) is 6.13. The molecule has 0 aromatic heterocycles. The highest BCUT2D eigenvalue weighted by Gasteiger charge is 2.29. The lowest BCUT2D eigenvalue weighted by molar-refractivity contribution is -0.969. The van der Waals surface area contributed by atoms with Gasteiger partial charge >= 0.3 is 0 Å². The van der Waals surface area contributed by atoms with Crippen LogP contribution in [0.25, 0.3) is 0 Å². The van der Waals surface area contributed by atoms with Gasteiger partial charge in [0.1, 0.15) is 0 Å². The van der Waals surface area contributed by atoms with E-state index in [1.54, 1.807) is 0 Å². The number of nitrogens with zero attached hydrogens (tertiary/aromatic N) is 1. The summed E-state index contributed by atoms with van der Waals surface area (Å²) in [5.74, 6) is 0. The number of quaternary nitrogens is 1. The van der Waals surface area contributed by atoms with Gasteiger partial charge in [0.15, 0.2) is 6.23 Å². The average Bonchev–Trinajstić information content (AvgIpc) is 2.05. The lowest BCUT2D eigenvalue weighted by Gasteiger charge is -2.40. The molecule has 0 heterocycles. The van der Waals surface area contributed by atoms with Gasteiger partial charge in [0.25, 0.3) is 0 Å². The van der Waals surface area contributed by atoms with E-state index in [0.717, 1.165) is 43.4 Å². The van der Waals surface area contributed by atoms with Gasteiger partial charge in [0.2, 0.25) is 0 Å². The van der Waals surface area contributed by atoms with Crippen LogP contribution < -0.4 is 0 Å².